The van der Waals surface area contributed by atoms with Crippen LogP contribution in [-0.2, 0) is 6.54 Å². The van der Waals surface area contributed by atoms with Gasteiger partial charge < -0.3 is 4.52 Å². The number of H-pyrrole nitrogens is 1. The van der Waals surface area contributed by atoms with E-state index in [1.807, 2.05) is 26.0 Å². The second-order valence-corrected chi connectivity index (χ2v) is 6.56. The van der Waals surface area contributed by atoms with Gasteiger partial charge in [-0.3, -0.25) is 14.8 Å². The average molecular weight is 327 g/mol. The number of hydrogen-bond donors (Lipinski definition) is 1. The SMILES string of the molecule is Cc1cc2nc(CN3CCCC[C@H]3c3cc(C)on3)cc(=O)n2[nH]1. The maximum atomic E-state index is 12.3. The topological polar surface area (TPSA) is 79.4 Å². The third-order valence-corrected chi connectivity index (χ3v) is 4.60. The first kappa shape index (κ1) is 15.1. The van der Waals surface area contributed by atoms with Crippen LogP contribution >= 0.6 is 0 Å². The van der Waals surface area contributed by atoms with Gasteiger partial charge in [0.1, 0.15) is 11.5 Å². The van der Waals surface area contributed by atoms with Gasteiger partial charge >= 0.3 is 0 Å². The summed E-state index contributed by atoms with van der Waals surface area (Å²) in [6, 6.07) is 5.73. The van der Waals surface area contributed by atoms with Crippen LogP contribution in [0.2, 0.25) is 0 Å². The molecule has 0 unspecified atom stereocenters. The van der Waals surface area contributed by atoms with Crippen molar-refractivity contribution in [2.45, 2.75) is 45.7 Å². The predicted octanol–water partition coefficient (Wildman–Crippen LogP) is 2.35. The Morgan fingerprint density at radius 3 is 2.96 bits per heavy atom. The Morgan fingerprint density at radius 1 is 1.29 bits per heavy atom. The van der Waals surface area contributed by atoms with E-state index in [1.54, 1.807) is 6.07 Å². The zero-order valence-electron chi connectivity index (χ0n) is 14.0. The number of aryl methyl sites for hydroxylation is 2. The minimum absolute atomic E-state index is 0.0751. The van der Waals surface area contributed by atoms with Crippen LogP contribution in [0.25, 0.3) is 5.65 Å². The van der Waals surface area contributed by atoms with Crippen molar-refractivity contribution >= 4 is 5.65 Å². The molecule has 1 N–H and O–H groups in total. The first-order valence-corrected chi connectivity index (χ1v) is 8.36. The lowest BCUT2D eigenvalue weighted by Crippen LogP contribution is -2.34. The molecule has 24 heavy (non-hydrogen) atoms. The molecule has 0 amide bonds. The summed E-state index contributed by atoms with van der Waals surface area (Å²) in [6.45, 7) is 5.45. The highest BCUT2D eigenvalue weighted by Crippen LogP contribution is 2.31. The Bertz CT molecular complexity index is 923. The molecule has 1 atom stereocenters. The fraction of sp³-hybridized carbons (Fsp3) is 0.471. The Hall–Kier alpha value is -2.41. The molecule has 7 nitrogen and oxygen atoms in total. The molecule has 1 aliphatic heterocycles. The molecule has 126 valence electrons. The van der Waals surface area contributed by atoms with Crippen LogP contribution in [0.5, 0.6) is 0 Å². The van der Waals surface area contributed by atoms with Crippen molar-refractivity contribution in [3.05, 3.63) is 51.4 Å². The summed E-state index contributed by atoms with van der Waals surface area (Å²) in [4.78, 5) is 19.2. The Balaban J connectivity index is 1.64. The molecular weight excluding hydrogens is 306 g/mol. The number of likely N-dealkylation sites (tertiary alicyclic amines) is 1. The fourth-order valence-electron chi connectivity index (χ4n) is 3.51. The van der Waals surface area contributed by atoms with Gasteiger partial charge in [0.05, 0.1) is 11.7 Å². The maximum Gasteiger partial charge on any atom is 0.272 e. The molecule has 4 rings (SSSR count). The number of fused-ring (bicyclic) bond motifs is 1. The summed E-state index contributed by atoms with van der Waals surface area (Å²) in [7, 11) is 0. The van der Waals surface area contributed by atoms with E-state index in [1.165, 1.54) is 10.9 Å². The Labute approximate surface area is 139 Å². The van der Waals surface area contributed by atoms with E-state index in [-0.39, 0.29) is 11.6 Å². The van der Waals surface area contributed by atoms with Gasteiger partial charge in [0.15, 0.2) is 5.65 Å². The third-order valence-electron chi connectivity index (χ3n) is 4.60. The van der Waals surface area contributed by atoms with E-state index < -0.39 is 0 Å². The molecule has 3 aromatic heterocycles. The predicted molar refractivity (Wildman–Crippen MR) is 88.8 cm³/mol. The van der Waals surface area contributed by atoms with Gasteiger partial charge in [-0.05, 0) is 33.2 Å². The maximum absolute atomic E-state index is 12.3. The van der Waals surface area contributed by atoms with Crippen molar-refractivity contribution in [2.75, 3.05) is 6.54 Å². The monoisotopic (exact) mass is 327 g/mol. The molecule has 7 heteroatoms. The standard InChI is InChI=1S/C17H21N5O2/c1-11-7-16-18-13(9-17(23)22(16)19-11)10-21-6-4-3-5-15(21)14-8-12(2)24-20-14/h7-9,15,19H,3-6,10H2,1-2H3/t15-/m0/s1. The first-order valence-electron chi connectivity index (χ1n) is 8.36. The number of aromatic nitrogens is 4. The molecule has 1 saturated heterocycles. The Kier molecular flexibility index (Phi) is 3.72. The van der Waals surface area contributed by atoms with Crippen molar-refractivity contribution < 1.29 is 4.52 Å². The van der Waals surface area contributed by atoms with E-state index >= 15 is 0 Å². The van der Waals surface area contributed by atoms with Crippen LogP contribution in [0.3, 0.4) is 0 Å². The van der Waals surface area contributed by atoms with Gasteiger partial charge in [-0.1, -0.05) is 11.6 Å². The van der Waals surface area contributed by atoms with Crippen LogP contribution in [0.4, 0.5) is 0 Å². The van der Waals surface area contributed by atoms with Gasteiger partial charge in [0, 0.05) is 30.4 Å². The Morgan fingerprint density at radius 2 is 2.17 bits per heavy atom. The largest absolute Gasteiger partial charge is 0.361 e. The van der Waals surface area contributed by atoms with Crippen molar-refractivity contribution in [3.8, 4) is 0 Å². The quantitative estimate of drug-likeness (QED) is 0.799. The lowest BCUT2D eigenvalue weighted by atomic mass is 9.99. The number of hydrogen-bond acceptors (Lipinski definition) is 5. The summed E-state index contributed by atoms with van der Waals surface area (Å²) in [5, 5.41) is 7.19. The number of piperidine rings is 1. The summed E-state index contributed by atoms with van der Waals surface area (Å²) < 4.78 is 6.73. The van der Waals surface area contributed by atoms with Gasteiger partial charge in [-0.25, -0.2) is 9.50 Å². The van der Waals surface area contributed by atoms with Gasteiger partial charge in [-0.2, -0.15) is 0 Å². The molecule has 0 saturated carbocycles. The number of nitrogens with one attached hydrogen (secondary N) is 1. The summed E-state index contributed by atoms with van der Waals surface area (Å²) in [6.07, 6.45) is 3.38. The van der Waals surface area contributed by atoms with Crippen molar-refractivity contribution in [1.29, 1.82) is 0 Å². The van der Waals surface area contributed by atoms with E-state index in [0.29, 0.717) is 12.2 Å². The molecule has 0 aromatic carbocycles. The van der Waals surface area contributed by atoms with E-state index in [9.17, 15) is 4.79 Å². The van der Waals surface area contributed by atoms with Crippen molar-refractivity contribution in [2.24, 2.45) is 0 Å². The van der Waals surface area contributed by atoms with Gasteiger partial charge in [0.25, 0.3) is 5.56 Å². The van der Waals surface area contributed by atoms with E-state index in [0.717, 1.165) is 42.2 Å². The van der Waals surface area contributed by atoms with Crippen LogP contribution in [0, 0.1) is 13.8 Å². The number of nitrogens with zero attached hydrogens (tertiary/aromatic N) is 4. The lowest BCUT2D eigenvalue weighted by Gasteiger charge is -2.34. The highest BCUT2D eigenvalue weighted by Gasteiger charge is 2.27. The molecule has 0 spiro atoms. The van der Waals surface area contributed by atoms with Gasteiger partial charge in [0.2, 0.25) is 0 Å². The average Bonchev–Trinajstić information content (AvgIpc) is 3.13. The lowest BCUT2D eigenvalue weighted by molar-refractivity contribution is 0.132. The van der Waals surface area contributed by atoms with Crippen molar-refractivity contribution in [3.63, 3.8) is 0 Å². The van der Waals surface area contributed by atoms with Crippen LogP contribution in [0.1, 0.15) is 48.1 Å². The molecule has 1 aliphatic rings. The molecule has 3 aromatic rings. The van der Waals surface area contributed by atoms with Crippen LogP contribution in [-0.4, -0.2) is 31.2 Å². The first-order chi connectivity index (χ1) is 11.6. The normalized spacial score (nSPS) is 19.2. The van der Waals surface area contributed by atoms with E-state index in [4.69, 9.17) is 4.52 Å². The van der Waals surface area contributed by atoms with Crippen LogP contribution < -0.4 is 5.56 Å². The smallest absolute Gasteiger partial charge is 0.272 e. The number of aromatic amines is 1. The van der Waals surface area contributed by atoms with Crippen LogP contribution in [0.15, 0.2) is 27.5 Å². The highest BCUT2D eigenvalue weighted by atomic mass is 16.5. The minimum Gasteiger partial charge on any atom is -0.361 e. The summed E-state index contributed by atoms with van der Waals surface area (Å²) >= 11 is 0. The summed E-state index contributed by atoms with van der Waals surface area (Å²) in [5.74, 6) is 0.830. The zero-order chi connectivity index (χ0) is 16.7. The molecular formula is C17H21N5O2. The van der Waals surface area contributed by atoms with E-state index in [2.05, 4.69) is 20.1 Å². The van der Waals surface area contributed by atoms with Gasteiger partial charge in [-0.15, -0.1) is 0 Å². The second-order valence-electron chi connectivity index (χ2n) is 6.56. The highest BCUT2D eigenvalue weighted by molar-refractivity contribution is 5.39. The molecule has 0 bridgehead atoms. The molecule has 0 radical (unpaired) electrons. The number of rotatable bonds is 3. The fourth-order valence-corrected chi connectivity index (χ4v) is 3.51. The molecule has 4 heterocycles. The third kappa shape index (κ3) is 2.75. The summed E-state index contributed by atoms with van der Waals surface area (Å²) in [5.41, 5.74) is 3.29. The second kappa shape index (κ2) is 5.90. The molecule has 1 fully saturated rings. The molecule has 0 aliphatic carbocycles. The minimum atomic E-state index is -0.0751. The van der Waals surface area contributed by atoms with Crippen molar-refractivity contribution in [1.82, 2.24) is 24.7 Å². The zero-order valence-corrected chi connectivity index (χ0v) is 14.0.